The zero-order valence-electron chi connectivity index (χ0n) is 14.0. The number of nitrogens with zero attached hydrogens (tertiary/aromatic N) is 2. The van der Waals surface area contributed by atoms with Gasteiger partial charge in [0.25, 0.3) is 5.91 Å². The van der Waals surface area contributed by atoms with Gasteiger partial charge in [0.05, 0.1) is 24.6 Å². The molecule has 26 heavy (non-hydrogen) atoms. The summed E-state index contributed by atoms with van der Waals surface area (Å²) in [6, 6.07) is 4.67. The molecule has 1 saturated heterocycles. The number of alkyl halides is 3. The number of halogens is 3. The first-order valence-electron chi connectivity index (χ1n) is 8.08. The van der Waals surface area contributed by atoms with Gasteiger partial charge in [0.1, 0.15) is 0 Å². The largest absolute Gasteiger partial charge is 0.493 e. The fraction of sp³-hybridized carbons (Fsp3) is 0.412. The first kappa shape index (κ1) is 18.2. The minimum atomic E-state index is -4.46. The van der Waals surface area contributed by atoms with Crippen molar-refractivity contribution in [3.8, 4) is 11.4 Å². The van der Waals surface area contributed by atoms with Crippen LogP contribution in [0.25, 0.3) is 5.69 Å². The lowest BCUT2D eigenvalue weighted by atomic mass is 10.1. The Labute approximate surface area is 147 Å². The highest BCUT2D eigenvalue weighted by Crippen LogP contribution is 2.30. The van der Waals surface area contributed by atoms with Crippen LogP contribution in [0.5, 0.6) is 5.75 Å². The third-order valence-electron chi connectivity index (χ3n) is 4.11. The Balaban J connectivity index is 1.85. The van der Waals surface area contributed by atoms with Crippen LogP contribution in [0.1, 0.15) is 28.9 Å². The van der Waals surface area contributed by atoms with Crippen LogP contribution < -0.4 is 10.1 Å². The molecule has 0 aliphatic carbocycles. The molecule has 0 bridgehead atoms. The van der Waals surface area contributed by atoms with Crippen molar-refractivity contribution in [3.63, 3.8) is 0 Å². The summed E-state index contributed by atoms with van der Waals surface area (Å²) in [5.41, 5.74) is -0.586. The molecule has 6 nitrogen and oxygen atoms in total. The van der Waals surface area contributed by atoms with E-state index in [2.05, 4.69) is 10.4 Å². The van der Waals surface area contributed by atoms with Gasteiger partial charge in [-0.05, 0) is 31.0 Å². The SMILES string of the molecule is COc1cn(-c2cccc(C(F)(F)F)c2)nc1C(=O)NC1CCOCC1. The van der Waals surface area contributed by atoms with E-state index in [1.54, 1.807) is 0 Å². The predicted octanol–water partition coefficient (Wildman–Crippen LogP) is 2.81. The van der Waals surface area contributed by atoms with Gasteiger partial charge in [0.15, 0.2) is 11.4 Å². The van der Waals surface area contributed by atoms with E-state index in [0.717, 1.165) is 12.1 Å². The number of methoxy groups -OCH3 is 1. The summed E-state index contributed by atoms with van der Waals surface area (Å²) in [5, 5.41) is 6.98. The molecule has 9 heteroatoms. The van der Waals surface area contributed by atoms with Crippen molar-refractivity contribution in [2.24, 2.45) is 0 Å². The van der Waals surface area contributed by atoms with E-state index in [1.807, 2.05) is 0 Å². The molecule has 3 rings (SSSR count). The first-order valence-corrected chi connectivity index (χ1v) is 8.08. The second-order valence-corrected chi connectivity index (χ2v) is 5.90. The second-order valence-electron chi connectivity index (χ2n) is 5.90. The van der Waals surface area contributed by atoms with Crippen molar-refractivity contribution in [2.45, 2.75) is 25.1 Å². The van der Waals surface area contributed by atoms with Gasteiger partial charge in [0, 0.05) is 19.3 Å². The molecule has 0 spiro atoms. The number of amides is 1. The minimum Gasteiger partial charge on any atom is -0.493 e. The maximum absolute atomic E-state index is 12.9. The van der Waals surface area contributed by atoms with E-state index < -0.39 is 17.6 Å². The van der Waals surface area contributed by atoms with Crippen LogP contribution in [0.4, 0.5) is 13.2 Å². The number of carbonyl (C=O) groups excluding carboxylic acids is 1. The lowest BCUT2D eigenvalue weighted by molar-refractivity contribution is -0.137. The number of hydrogen-bond donors (Lipinski definition) is 1. The third kappa shape index (κ3) is 3.98. The Hall–Kier alpha value is -2.55. The van der Waals surface area contributed by atoms with Gasteiger partial charge in [-0.1, -0.05) is 6.07 Å². The summed E-state index contributed by atoms with van der Waals surface area (Å²) >= 11 is 0. The van der Waals surface area contributed by atoms with Crippen LogP contribution in [0.3, 0.4) is 0 Å². The number of rotatable bonds is 4. The average Bonchev–Trinajstić information content (AvgIpc) is 3.06. The van der Waals surface area contributed by atoms with Gasteiger partial charge < -0.3 is 14.8 Å². The fourth-order valence-electron chi connectivity index (χ4n) is 2.72. The Morgan fingerprint density at radius 1 is 1.35 bits per heavy atom. The van der Waals surface area contributed by atoms with Gasteiger partial charge in [-0.3, -0.25) is 4.79 Å². The molecule has 0 radical (unpaired) electrons. The van der Waals surface area contributed by atoms with E-state index in [9.17, 15) is 18.0 Å². The molecule has 0 unspecified atom stereocenters. The summed E-state index contributed by atoms with van der Waals surface area (Å²) in [6.07, 6.45) is -1.68. The van der Waals surface area contributed by atoms with E-state index in [1.165, 1.54) is 30.1 Å². The predicted molar refractivity (Wildman–Crippen MR) is 86.4 cm³/mol. The maximum atomic E-state index is 12.9. The molecule has 1 fully saturated rings. The molecule has 1 aromatic heterocycles. The summed E-state index contributed by atoms with van der Waals surface area (Å²) in [4.78, 5) is 12.5. The molecule has 140 valence electrons. The van der Waals surface area contributed by atoms with Gasteiger partial charge in [-0.15, -0.1) is 0 Å². The lowest BCUT2D eigenvalue weighted by Crippen LogP contribution is -2.39. The maximum Gasteiger partial charge on any atom is 0.416 e. The van der Waals surface area contributed by atoms with E-state index in [0.29, 0.717) is 26.1 Å². The number of benzene rings is 1. The van der Waals surface area contributed by atoms with Crippen LogP contribution in [-0.4, -0.2) is 42.1 Å². The zero-order chi connectivity index (χ0) is 18.7. The highest BCUT2D eigenvalue weighted by molar-refractivity contribution is 5.95. The molecular formula is C17H18F3N3O3. The molecule has 2 aromatic rings. The molecule has 0 atom stereocenters. The van der Waals surface area contributed by atoms with Crippen LogP contribution in [0.15, 0.2) is 30.5 Å². The van der Waals surface area contributed by atoms with Crippen molar-refractivity contribution < 1.29 is 27.4 Å². The number of aromatic nitrogens is 2. The Morgan fingerprint density at radius 3 is 2.73 bits per heavy atom. The second kappa shape index (κ2) is 7.36. The highest BCUT2D eigenvalue weighted by Gasteiger charge is 2.31. The van der Waals surface area contributed by atoms with E-state index in [-0.39, 0.29) is 23.2 Å². The van der Waals surface area contributed by atoms with E-state index >= 15 is 0 Å². The standard InChI is InChI=1S/C17H18F3N3O3/c1-25-14-10-23(13-4-2-3-11(9-13)17(18,19)20)22-15(14)16(24)21-12-5-7-26-8-6-12/h2-4,9-10,12H,5-8H2,1H3,(H,21,24). The van der Waals surface area contributed by atoms with Crippen LogP contribution in [-0.2, 0) is 10.9 Å². The molecule has 1 aliphatic rings. The molecule has 1 amide bonds. The minimum absolute atomic E-state index is 0.0244. The molecule has 1 aliphatic heterocycles. The molecular weight excluding hydrogens is 351 g/mol. The van der Waals surface area contributed by atoms with Crippen LogP contribution in [0.2, 0.25) is 0 Å². The number of carbonyl (C=O) groups is 1. The zero-order valence-corrected chi connectivity index (χ0v) is 14.0. The smallest absolute Gasteiger partial charge is 0.416 e. The number of nitrogens with one attached hydrogen (secondary N) is 1. The monoisotopic (exact) mass is 369 g/mol. The Kier molecular flexibility index (Phi) is 5.17. The van der Waals surface area contributed by atoms with Crippen molar-refractivity contribution in [1.29, 1.82) is 0 Å². The van der Waals surface area contributed by atoms with Gasteiger partial charge in [0.2, 0.25) is 0 Å². The number of hydrogen-bond acceptors (Lipinski definition) is 4. The molecule has 2 heterocycles. The lowest BCUT2D eigenvalue weighted by Gasteiger charge is -2.22. The highest BCUT2D eigenvalue weighted by atomic mass is 19.4. The number of ether oxygens (including phenoxy) is 2. The molecule has 1 N–H and O–H groups in total. The summed E-state index contributed by atoms with van der Waals surface area (Å²) in [7, 11) is 1.37. The van der Waals surface area contributed by atoms with Crippen molar-refractivity contribution in [2.75, 3.05) is 20.3 Å². The topological polar surface area (TPSA) is 65.4 Å². The van der Waals surface area contributed by atoms with Crippen molar-refractivity contribution in [3.05, 3.63) is 41.7 Å². The van der Waals surface area contributed by atoms with E-state index in [4.69, 9.17) is 9.47 Å². The molecule has 0 saturated carbocycles. The summed E-state index contributed by atoms with van der Waals surface area (Å²) in [6.45, 7) is 1.14. The fourth-order valence-corrected chi connectivity index (χ4v) is 2.72. The van der Waals surface area contributed by atoms with Gasteiger partial charge in [-0.25, -0.2) is 4.68 Å². The first-order chi connectivity index (χ1) is 12.4. The van der Waals surface area contributed by atoms with Crippen molar-refractivity contribution >= 4 is 5.91 Å². The Bertz CT molecular complexity index is 783. The molecule has 1 aromatic carbocycles. The Morgan fingerprint density at radius 2 is 2.08 bits per heavy atom. The van der Waals surface area contributed by atoms with Gasteiger partial charge in [-0.2, -0.15) is 18.3 Å². The normalized spacial score (nSPS) is 15.7. The summed E-state index contributed by atoms with van der Waals surface area (Å²) in [5.74, 6) is -0.244. The quantitative estimate of drug-likeness (QED) is 0.900. The summed E-state index contributed by atoms with van der Waals surface area (Å²) < 4.78 is 50.3. The van der Waals surface area contributed by atoms with Crippen molar-refractivity contribution in [1.82, 2.24) is 15.1 Å². The van der Waals surface area contributed by atoms with Crippen LogP contribution >= 0.6 is 0 Å². The van der Waals surface area contributed by atoms with Gasteiger partial charge >= 0.3 is 6.18 Å². The third-order valence-corrected chi connectivity index (χ3v) is 4.11. The van der Waals surface area contributed by atoms with Crippen LogP contribution in [0, 0.1) is 0 Å². The average molecular weight is 369 g/mol.